The molecule has 2 N–H and O–H groups in total. The fourth-order valence-corrected chi connectivity index (χ4v) is 2.58. The Balaban J connectivity index is 2.51. The summed E-state index contributed by atoms with van der Waals surface area (Å²) in [6.45, 7) is 1.93. The molecule has 2 rings (SSSR count). The Morgan fingerprint density at radius 1 is 1.35 bits per heavy atom. The molecule has 7 heteroatoms. The molecule has 1 aliphatic rings. The van der Waals surface area contributed by atoms with Gasteiger partial charge in [-0.3, -0.25) is 9.59 Å². The van der Waals surface area contributed by atoms with Crippen LogP contribution in [0.2, 0.25) is 0 Å². The maximum absolute atomic E-state index is 13.3. The predicted octanol–water partition coefficient (Wildman–Crippen LogP) is 1.50. The lowest BCUT2D eigenvalue weighted by atomic mass is 9.93. The van der Waals surface area contributed by atoms with E-state index < -0.39 is 35.3 Å². The molecule has 0 aliphatic carbocycles. The first kappa shape index (κ1) is 14.4. The van der Waals surface area contributed by atoms with E-state index in [1.54, 1.807) is 6.92 Å². The second-order valence-corrected chi connectivity index (χ2v) is 4.64. The Hall–Kier alpha value is -2.05. The monoisotopic (exact) mass is 286 g/mol. The quantitative estimate of drug-likeness (QED) is 0.856. The molecule has 0 saturated carbocycles. The molecule has 2 atom stereocenters. The van der Waals surface area contributed by atoms with Crippen LogP contribution in [-0.2, 0) is 9.59 Å². The van der Waals surface area contributed by atoms with E-state index in [1.165, 1.54) is 4.90 Å². The van der Waals surface area contributed by atoms with Crippen LogP contribution >= 0.6 is 0 Å². The van der Waals surface area contributed by atoms with Gasteiger partial charge in [0.2, 0.25) is 11.8 Å². The van der Waals surface area contributed by atoms with Crippen LogP contribution in [0.1, 0.15) is 24.9 Å². The number of hydrogen-bond donors (Lipinski definition) is 1. The van der Waals surface area contributed by atoms with Gasteiger partial charge in [0.1, 0.15) is 0 Å². The highest BCUT2D eigenvalue weighted by molar-refractivity contribution is 5.89. The number of nitrogens with zero attached hydrogens (tertiary/aromatic N) is 1. The highest BCUT2D eigenvalue weighted by Gasteiger charge is 2.43. The first-order valence-corrected chi connectivity index (χ1v) is 6.10. The Morgan fingerprint density at radius 2 is 1.90 bits per heavy atom. The van der Waals surface area contributed by atoms with Crippen molar-refractivity contribution < 1.29 is 22.8 Å². The van der Waals surface area contributed by atoms with Crippen molar-refractivity contribution in [3.63, 3.8) is 0 Å². The molecule has 20 heavy (non-hydrogen) atoms. The molecule has 0 spiro atoms. The van der Waals surface area contributed by atoms with Gasteiger partial charge in [-0.1, -0.05) is 0 Å². The van der Waals surface area contributed by atoms with Crippen LogP contribution < -0.4 is 5.73 Å². The van der Waals surface area contributed by atoms with Gasteiger partial charge in [0, 0.05) is 13.0 Å². The third-order valence-electron chi connectivity index (χ3n) is 3.49. The van der Waals surface area contributed by atoms with Gasteiger partial charge in [-0.25, -0.2) is 13.2 Å². The van der Waals surface area contributed by atoms with E-state index in [2.05, 4.69) is 0 Å². The summed E-state index contributed by atoms with van der Waals surface area (Å²) in [6, 6.07) is 0.718. The standard InChI is InChI=1S/C13H13F3N2O2/c1-2-18-10(19)5-7(13(17)20)12(18)6-3-8(14)11(16)9(15)4-6/h3-4,7,12H,2,5H2,1H3,(H2,17,20)/t7-,12-/m0/s1. The van der Waals surface area contributed by atoms with Crippen molar-refractivity contribution in [3.05, 3.63) is 35.1 Å². The minimum atomic E-state index is -1.59. The SMILES string of the molecule is CCN1C(=O)C[C@H](C(N)=O)[C@@H]1c1cc(F)c(F)c(F)c1. The Kier molecular flexibility index (Phi) is 3.69. The summed E-state index contributed by atoms with van der Waals surface area (Å²) in [6.07, 6.45) is -0.117. The van der Waals surface area contributed by atoms with E-state index in [9.17, 15) is 22.8 Å². The van der Waals surface area contributed by atoms with Crippen LogP contribution in [0, 0.1) is 23.4 Å². The number of halogens is 3. The zero-order chi connectivity index (χ0) is 15.0. The normalized spacial score (nSPS) is 22.4. The number of carbonyl (C=O) groups excluding carboxylic acids is 2. The number of amides is 2. The van der Waals surface area contributed by atoms with Gasteiger partial charge in [-0.15, -0.1) is 0 Å². The van der Waals surface area contributed by atoms with Crippen molar-refractivity contribution in [2.24, 2.45) is 11.7 Å². The molecule has 0 aromatic heterocycles. The lowest BCUT2D eigenvalue weighted by Crippen LogP contribution is -2.32. The second kappa shape index (κ2) is 5.15. The van der Waals surface area contributed by atoms with Crippen molar-refractivity contribution in [3.8, 4) is 0 Å². The topological polar surface area (TPSA) is 63.4 Å². The van der Waals surface area contributed by atoms with Crippen molar-refractivity contribution in [1.29, 1.82) is 0 Å². The van der Waals surface area contributed by atoms with E-state index in [4.69, 9.17) is 5.73 Å². The van der Waals surface area contributed by atoms with Gasteiger partial charge in [0.05, 0.1) is 12.0 Å². The second-order valence-electron chi connectivity index (χ2n) is 4.64. The molecule has 0 unspecified atom stereocenters. The van der Waals surface area contributed by atoms with E-state index >= 15 is 0 Å². The highest BCUT2D eigenvalue weighted by atomic mass is 19.2. The van der Waals surface area contributed by atoms with Crippen LogP contribution in [0.4, 0.5) is 13.2 Å². The lowest BCUT2D eigenvalue weighted by Gasteiger charge is -2.26. The number of nitrogens with two attached hydrogens (primary N) is 1. The molecular formula is C13H13F3N2O2. The molecule has 0 radical (unpaired) electrons. The molecule has 4 nitrogen and oxygen atoms in total. The van der Waals surface area contributed by atoms with Gasteiger partial charge < -0.3 is 10.6 Å². The fourth-order valence-electron chi connectivity index (χ4n) is 2.58. The summed E-state index contributed by atoms with van der Waals surface area (Å²) >= 11 is 0. The first-order valence-electron chi connectivity index (χ1n) is 6.10. The number of hydrogen-bond acceptors (Lipinski definition) is 2. The summed E-state index contributed by atoms with van der Waals surface area (Å²) in [5.41, 5.74) is 5.26. The Labute approximate surface area is 113 Å². The van der Waals surface area contributed by atoms with E-state index in [1.807, 2.05) is 0 Å². The molecule has 1 fully saturated rings. The molecule has 1 aromatic rings. The number of likely N-dealkylation sites (tertiary alicyclic amines) is 1. The van der Waals surface area contributed by atoms with Crippen molar-refractivity contribution in [1.82, 2.24) is 4.90 Å². The van der Waals surface area contributed by atoms with Gasteiger partial charge >= 0.3 is 0 Å². The molecule has 1 aliphatic heterocycles. The average Bonchev–Trinajstić information content (AvgIpc) is 2.72. The van der Waals surface area contributed by atoms with Crippen molar-refractivity contribution in [2.45, 2.75) is 19.4 Å². The zero-order valence-electron chi connectivity index (χ0n) is 10.7. The van der Waals surface area contributed by atoms with Crippen LogP contribution in [0.15, 0.2) is 12.1 Å². The summed E-state index contributed by atoms with van der Waals surface area (Å²) in [4.78, 5) is 24.5. The van der Waals surface area contributed by atoms with E-state index in [0.29, 0.717) is 0 Å². The van der Waals surface area contributed by atoms with Crippen LogP contribution in [0.3, 0.4) is 0 Å². The van der Waals surface area contributed by atoms with E-state index in [-0.39, 0.29) is 24.4 Å². The number of primary amides is 1. The third-order valence-corrected chi connectivity index (χ3v) is 3.49. The molecule has 108 valence electrons. The number of carbonyl (C=O) groups is 2. The minimum absolute atomic E-state index is 0.0258. The number of rotatable bonds is 3. The summed E-state index contributed by atoms with van der Waals surface area (Å²) < 4.78 is 39.6. The lowest BCUT2D eigenvalue weighted by molar-refractivity contribution is -0.129. The molecule has 1 heterocycles. The molecule has 0 bridgehead atoms. The summed E-state index contributed by atoms with van der Waals surface area (Å²) in [7, 11) is 0. The van der Waals surface area contributed by atoms with Gasteiger partial charge in [0.15, 0.2) is 17.5 Å². The molecular weight excluding hydrogens is 273 g/mol. The maximum Gasteiger partial charge on any atom is 0.223 e. The first-order chi connectivity index (χ1) is 9.36. The highest BCUT2D eigenvalue weighted by Crippen LogP contribution is 2.38. The maximum atomic E-state index is 13.3. The third kappa shape index (κ3) is 2.23. The van der Waals surface area contributed by atoms with Gasteiger partial charge in [-0.2, -0.15) is 0 Å². The van der Waals surface area contributed by atoms with Crippen molar-refractivity contribution in [2.75, 3.05) is 6.54 Å². The van der Waals surface area contributed by atoms with Crippen LogP contribution in [0.25, 0.3) is 0 Å². The molecule has 1 aromatic carbocycles. The Bertz CT molecular complexity index is 554. The van der Waals surface area contributed by atoms with Gasteiger partial charge in [0.25, 0.3) is 0 Å². The molecule has 1 saturated heterocycles. The predicted molar refractivity (Wildman–Crippen MR) is 63.7 cm³/mol. The summed E-state index contributed by atoms with van der Waals surface area (Å²) in [5, 5.41) is 0. The smallest absolute Gasteiger partial charge is 0.223 e. The number of benzene rings is 1. The molecule has 2 amide bonds. The van der Waals surface area contributed by atoms with Crippen molar-refractivity contribution >= 4 is 11.8 Å². The fraction of sp³-hybridized carbons (Fsp3) is 0.385. The van der Waals surface area contributed by atoms with Gasteiger partial charge in [-0.05, 0) is 24.6 Å². The largest absolute Gasteiger partial charge is 0.369 e. The average molecular weight is 286 g/mol. The van der Waals surface area contributed by atoms with Crippen LogP contribution in [-0.4, -0.2) is 23.3 Å². The van der Waals surface area contributed by atoms with E-state index in [0.717, 1.165) is 12.1 Å². The Morgan fingerprint density at radius 3 is 2.35 bits per heavy atom. The minimum Gasteiger partial charge on any atom is -0.369 e. The summed E-state index contributed by atoms with van der Waals surface area (Å²) in [5.74, 6) is -6.25. The zero-order valence-corrected chi connectivity index (χ0v) is 10.7. The van der Waals surface area contributed by atoms with Crippen LogP contribution in [0.5, 0.6) is 0 Å².